The van der Waals surface area contributed by atoms with Gasteiger partial charge in [-0.25, -0.2) is 0 Å². The van der Waals surface area contributed by atoms with E-state index < -0.39 is 0 Å². The van der Waals surface area contributed by atoms with Gasteiger partial charge in [-0.3, -0.25) is 9.69 Å². The number of halogens is 3. The second-order valence-corrected chi connectivity index (χ2v) is 6.70. The maximum atomic E-state index is 12.8. The van der Waals surface area contributed by atoms with Crippen molar-refractivity contribution in [2.45, 2.75) is 39.2 Å². The first-order valence-corrected chi connectivity index (χ1v) is 7.98. The Hall–Kier alpha value is -0.280. The molecule has 0 radical (unpaired) electrons. The summed E-state index contributed by atoms with van der Waals surface area (Å²) in [6.07, 6.45) is 3.26. The first kappa shape index (κ1) is 18.8. The number of ketones is 1. The number of Topliss-reactive ketones (excluding diaryl/α,β-unsaturated/α-hetero) is 1. The van der Waals surface area contributed by atoms with Crippen molar-refractivity contribution in [1.29, 1.82) is 0 Å². The van der Waals surface area contributed by atoms with Crippen molar-refractivity contribution < 1.29 is 4.79 Å². The molecular weight excluding hydrogens is 329 g/mol. The Labute approximate surface area is 143 Å². The summed E-state index contributed by atoms with van der Waals surface area (Å²) in [7, 11) is 0. The van der Waals surface area contributed by atoms with Crippen LogP contribution in [0, 0.1) is 5.92 Å². The van der Waals surface area contributed by atoms with Gasteiger partial charge in [0.05, 0.1) is 16.1 Å². The van der Waals surface area contributed by atoms with Gasteiger partial charge < -0.3 is 0 Å². The number of rotatable bonds is 5. The molecule has 0 amide bonds. The molecule has 2 rings (SSSR count). The summed E-state index contributed by atoms with van der Waals surface area (Å²) in [6, 6.07) is 5.14. The highest BCUT2D eigenvalue weighted by atomic mass is 35.5. The van der Waals surface area contributed by atoms with Gasteiger partial charge in [0.25, 0.3) is 0 Å². The zero-order chi connectivity index (χ0) is 14.7. The van der Waals surface area contributed by atoms with E-state index in [-0.39, 0.29) is 24.2 Å². The van der Waals surface area contributed by atoms with Crippen LogP contribution >= 0.6 is 35.6 Å². The highest BCUT2D eigenvalue weighted by Gasteiger charge is 2.29. The molecule has 0 aromatic heterocycles. The molecule has 1 aromatic rings. The maximum Gasteiger partial charge on any atom is 0.180 e. The van der Waals surface area contributed by atoms with Crippen LogP contribution in [0.2, 0.25) is 10.0 Å². The van der Waals surface area contributed by atoms with Gasteiger partial charge in [-0.1, -0.05) is 37.0 Å². The molecule has 118 valence electrons. The van der Waals surface area contributed by atoms with Gasteiger partial charge in [0, 0.05) is 5.56 Å². The van der Waals surface area contributed by atoms with Gasteiger partial charge in [0.15, 0.2) is 5.78 Å². The monoisotopic (exact) mass is 349 g/mol. The summed E-state index contributed by atoms with van der Waals surface area (Å²) < 4.78 is 0. The van der Waals surface area contributed by atoms with E-state index in [9.17, 15) is 4.79 Å². The summed E-state index contributed by atoms with van der Waals surface area (Å²) in [6.45, 7) is 6.35. The van der Waals surface area contributed by atoms with E-state index in [1.165, 1.54) is 12.8 Å². The third-order valence-electron chi connectivity index (χ3n) is 3.78. The predicted molar refractivity (Wildman–Crippen MR) is 92.1 cm³/mol. The number of benzene rings is 1. The summed E-state index contributed by atoms with van der Waals surface area (Å²) in [5.41, 5.74) is 0.664. The molecule has 1 aliphatic rings. The summed E-state index contributed by atoms with van der Waals surface area (Å²) in [4.78, 5) is 15.1. The summed E-state index contributed by atoms with van der Waals surface area (Å²) >= 11 is 12.0. The van der Waals surface area contributed by atoms with Crippen LogP contribution in [-0.2, 0) is 0 Å². The van der Waals surface area contributed by atoms with Gasteiger partial charge in [0.1, 0.15) is 0 Å². The maximum absolute atomic E-state index is 12.8. The average molecular weight is 351 g/mol. The molecule has 0 N–H and O–H groups in total. The Kier molecular flexibility index (Phi) is 7.49. The standard InChI is InChI=1S/C16H21Cl2NO.ClH/c1-11(2)9-15(19-7-3-4-8-19)16(20)12-5-6-13(17)14(18)10-12;/h5-6,10-11,15H,3-4,7-9H2,1-2H3;1H. The van der Waals surface area contributed by atoms with Gasteiger partial charge in [0.2, 0.25) is 0 Å². The highest BCUT2D eigenvalue weighted by molar-refractivity contribution is 6.42. The predicted octanol–water partition coefficient (Wildman–Crippen LogP) is 5.11. The lowest BCUT2D eigenvalue weighted by Crippen LogP contribution is -2.40. The molecular formula is C16H22Cl3NO. The molecule has 5 heteroatoms. The zero-order valence-corrected chi connectivity index (χ0v) is 14.8. The molecule has 1 saturated heterocycles. The fraction of sp³-hybridized carbons (Fsp3) is 0.562. The van der Waals surface area contributed by atoms with Crippen LogP contribution in [0.25, 0.3) is 0 Å². The molecule has 0 bridgehead atoms. The first-order chi connectivity index (χ1) is 9.49. The number of hydrogen-bond acceptors (Lipinski definition) is 2. The van der Waals surface area contributed by atoms with Gasteiger partial charge in [-0.05, 0) is 56.5 Å². The van der Waals surface area contributed by atoms with Crippen molar-refractivity contribution in [3.63, 3.8) is 0 Å². The fourth-order valence-electron chi connectivity index (χ4n) is 2.76. The van der Waals surface area contributed by atoms with Crippen LogP contribution in [0.3, 0.4) is 0 Å². The minimum atomic E-state index is -0.0326. The van der Waals surface area contributed by atoms with E-state index in [1.807, 2.05) is 0 Å². The minimum absolute atomic E-state index is 0. The smallest absolute Gasteiger partial charge is 0.180 e. The summed E-state index contributed by atoms with van der Waals surface area (Å²) in [5.74, 6) is 0.659. The number of likely N-dealkylation sites (tertiary alicyclic amines) is 1. The number of carbonyl (C=O) groups excluding carboxylic acids is 1. The average Bonchev–Trinajstić information content (AvgIpc) is 2.92. The molecule has 1 aromatic carbocycles. The minimum Gasteiger partial charge on any atom is -0.293 e. The summed E-state index contributed by atoms with van der Waals surface area (Å²) in [5, 5.41) is 0.937. The lowest BCUT2D eigenvalue weighted by molar-refractivity contribution is 0.0822. The van der Waals surface area contributed by atoms with Gasteiger partial charge in [-0.2, -0.15) is 0 Å². The van der Waals surface area contributed by atoms with Gasteiger partial charge >= 0.3 is 0 Å². The second kappa shape index (κ2) is 8.38. The number of nitrogens with zero attached hydrogens (tertiary/aromatic N) is 1. The van der Waals surface area contributed by atoms with Gasteiger partial charge in [-0.15, -0.1) is 12.4 Å². The fourth-order valence-corrected chi connectivity index (χ4v) is 3.06. The zero-order valence-electron chi connectivity index (χ0n) is 12.4. The third-order valence-corrected chi connectivity index (χ3v) is 4.52. The molecule has 2 nitrogen and oxygen atoms in total. The number of carbonyl (C=O) groups is 1. The van der Waals surface area contributed by atoms with E-state index >= 15 is 0 Å². The van der Waals surface area contributed by atoms with Crippen LogP contribution in [0.1, 0.15) is 43.5 Å². The quantitative estimate of drug-likeness (QED) is 0.688. The highest BCUT2D eigenvalue weighted by Crippen LogP contribution is 2.26. The van der Waals surface area contributed by atoms with Crippen LogP contribution in [-0.4, -0.2) is 29.8 Å². The van der Waals surface area contributed by atoms with E-state index in [4.69, 9.17) is 23.2 Å². The second-order valence-electron chi connectivity index (χ2n) is 5.88. The van der Waals surface area contributed by atoms with E-state index in [0.717, 1.165) is 19.5 Å². The molecule has 1 atom stereocenters. The molecule has 0 saturated carbocycles. The Morgan fingerprint density at radius 2 is 1.81 bits per heavy atom. The van der Waals surface area contributed by atoms with Crippen LogP contribution in [0.15, 0.2) is 18.2 Å². The van der Waals surface area contributed by atoms with E-state index in [2.05, 4.69) is 18.7 Å². The van der Waals surface area contributed by atoms with Crippen LogP contribution in [0.5, 0.6) is 0 Å². The topological polar surface area (TPSA) is 20.3 Å². The lowest BCUT2D eigenvalue weighted by Gasteiger charge is -2.27. The largest absolute Gasteiger partial charge is 0.293 e. The Bertz CT molecular complexity index is 484. The number of hydrogen-bond donors (Lipinski definition) is 0. The Morgan fingerprint density at radius 1 is 1.19 bits per heavy atom. The Balaban J connectivity index is 0.00000220. The van der Waals surface area contributed by atoms with Crippen molar-refractivity contribution in [2.24, 2.45) is 5.92 Å². The lowest BCUT2D eigenvalue weighted by atomic mass is 9.95. The molecule has 0 aliphatic carbocycles. The third kappa shape index (κ3) is 4.85. The van der Waals surface area contributed by atoms with Crippen molar-refractivity contribution >= 4 is 41.4 Å². The molecule has 21 heavy (non-hydrogen) atoms. The molecule has 1 unspecified atom stereocenters. The SMILES string of the molecule is CC(C)CC(C(=O)c1ccc(Cl)c(Cl)c1)N1CCCC1.Cl. The van der Waals surface area contributed by atoms with Crippen molar-refractivity contribution in [2.75, 3.05) is 13.1 Å². The van der Waals surface area contributed by atoms with E-state index in [0.29, 0.717) is 21.5 Å². The molecule has 1 heterocycles. The molecule has 0 spiro atoms. The molecule has 1 aliphatic heterocycles. The van der Waals surface area contributed by atoms with Crippen LogP contribution in [0.4, 0.5) is 0 Å². The van der Waals surface area contributed by atoms with Crippen molar-refractivity contribution in [3.05, 3.63) is 33.8 Å². The van der Waals surface area contributed by atoms with Crippen LogP contribution < -0.4 is 0 Å². The molecule has 1 fully saturated rings. The van der Waals surface area contributed by atoms with Crippen molar-refractivity contribution in [1.82, 2.24) is 4.90 Å². The first-order valence-electron chi connectivity index (χ1n) is 7.22. The van der Waals surface area contributed by atoms with Crippen molar-refractivity contribution in [3.8, 4) is 0 Å². The van der Waals surface area contributed by atoms with E-state index in [1.54, 1.807) is 18.2 Å². The normalized spacial score (nSPS) is 16.8. The Morgan fingerprint density at radius 3 is 2.33 bits per heavy atom.